The Morgan fingerprint density at radius 2 is 1.74 bits per heavy atom. The summed E-state index contributed by atoms with van der Waals surface area (Å²) in [6.45, 7) is 2.31. The Hall–Kier alpha value is -0.530. The molecule has 1 aromatic rings. The molecule has 0 bridgehead atoms. The fraction of sp³-hybridized carbons (Fsp3) is 0.500. The molecule has 0 atom stereocenters. The van der Waals surface area contributed by atoms with Crippen LogP contribution in [0.1, 0.15) is 19.8 Å². The number of carbonyl (C=O) groups is 1. The molecule has 1 amide bonds. The van der Waals surface area contributed by atoms with Crippen LogP contribution in [0, 0.1) is 5.92 Å². The van der Waals surface area contributed by atoms with E-state index in [9.17, 15) is 13.2 Å². The van der Waals surface area contributed by atoms with E-state index >= 15 is 0 Å². The third kappa shape index (κ3) is 4.51. The molecule has 0 unspecified atom stereocenters. The van der Waals surface area contributed by atoms with Crippen molar-refractivity contribution in [3.8, 4) is 0 Å². The molecule has 128 valence electrons. The number of hydrogen-bond acceptors (Lipinski definition) is 3. The van der Waals surface area contributed by atoms with Crippen molar-refractivity contribution in [2.24, 2.45) is 5.92 Å². The molecule has 1 fully saturated rings. The van der Waals surface area contributed by atoms with E-state index in [0.717, 1.165) is 0 Å². The van der Waals surface area contributed by atoms with E-state index in [4.69, 9.17) is 34.8 Å². The summed E-state index contributed by atoms with van der Waals surface area (Å²) in [4.78, 5) is 12.3. The lowest BCUT2D eigenvalue weighted by atomic mass is 9.97. The molecule has 0 aliphatic carbocycles. The molecule has 1 saturated heterocycles. The Labute approximate surface area is 150 Å². The summed E-state index contributed by atoms with van der Waals surface area (Å²) in [5, 5.41) is 3.65. The maximum absolute atomic E-state index is 12.3. The van der Waals surface area contributed by atoms with E-state index < -0.39 is 10.0 Å². The number of sulfonamides is 1. The smallest absolute Gasteiger partial charge is 0.227 e. The average molecular weight is 400 g/mol. The highest BCUT2D eigenvalue weighted by atomic mass is 35.5. The second-order valence-corrected chi connectivity index (χ2v) is 8.79. The summed E-state index contributed by atoms with van der Waals surface area (Å²) in [7, 11) is -3.20. The number of amides is 1. The van der Waals surface area contributed by atoms with E-state index in [0.29, 0.717) is 46.7 Å². The van der Waals surface area contributed by atoms with Crippen molar-refractivity contribution in [3.05, 3.63) is 27.2 Å². The molecule has 9 heteroatoms. The molecule has 1 heterocycles. The van der Waals surface area contributed by atoms with E-state index in [-0.39, 0.29) is 17.6 Å². The van der Waals surface area contributed by atoms with Crippen LogP contribution >= 0.6 is 34.8 Å². The zero-order valence-corrected chi connectivity index (χ0v) is 15.6. The normalized spacial score (nSPS) is 17.2. The van der Waals surface area contributed by atoms with Crippen molar-refractivity contribution in [1.29, 1.82) is 0 Å². The summed E-state index contributed by atoms with van der Waals surface area (Å²) in [5.74, 6) is -0.384. The van der Waals surface area contributed by atoms with Crippen LogP contribution < -0.4 is 5.32 Å². The first-order chi connectivity index (χ1) is 10.7. The summed E-state index contributed by atoms with van der Waals surface area (Å²) in [6, 6.07) is 2.97. The zero-order chi connectivity index (χ0) is 17.2. The van der Waals surface area contributed by atoms with Crippen molar-refractivity contribution >= 4 is 56.4 Å². The fourth-order valence-electron chi connectivity index (χ4n) is 2.43. The highest BCUT2D eigenvalue weighted by Crippen LogP contribution is 2.33. The third-order valence-corrected chi connectivity index (χ3v) is 6.77. The van der Waals surface area contributed by atoms with E-state index in [1.54, 1.807) is 6.92 Å². The molecule has 5 nitrogen and oxygen atoms in total. The van der Waals surface area contributed by atoms with Crippen LogP contribution in [0.25, 0.3) is 0 Å². The van der Waals surface area contributed by atoms with Crippen molar-refractivity contribution in [2.45, 2.75) is 19.8 Å². The Bertz CT molecular complexity index is 701. The fourth-order valence-corrected chi connectivity index (χ4v) is 4.16. The number of rotatable bonds is 4. The van der Waals surface area contributed by atoms with Gasteiger partial charge in [-0.05, 0) is 31.9 Å². The van der Waals surface area contributed by atoms with Gasteiger partial charge in [-0.1, -0.05) is 34.8 Å². The lowest BCUT2D eigenvalue weighted by molar-refractivity contribution is -0.120. The van der Waals surface area contributed by atoms with Crippen LogP contribution in [-0.4, -0.2) is 37.5 Å². The minimum Gasteiger partial charge on any atom is -0.324 e. The second-order valence-electron chi connectivity index (χ2n) is 5.31. The Morgan fingerprint density at radius 1 is 1.17 bits per heavy atom. The minimum atomic E-state index is -3.20. The first-order valence-corrected chi connectivity index (χ1v) is 9.92. The second kappa shape index (κ2) is 7.57. The number of halogens is 3. The maximum atomic E-state index is 12.3. The average Bonchev–Trinajstić information content (AvgIpc) is 2.52. The van der Waals surface area contributed by atoms with Crippen LogP contribution in [0.3, 0.4) is 0 Å². The Balaban J connectivity index is 2.00. The number of piperidine rings is 1. The van der Waals surface area contributed by atoms with Gasteiger partial charge in [0, 0.05) is 19.0 Å². The molecule has 0 spiro atoms. The van der Waals surface area contributed by atoms with Crippen molar-refractivity contribution in [2.75, 3.05) is 24.2 Å². The highest BCUT2D eigenvalue weighted by Gasteiger charge is 2.30. The largest absolute Gasteiger partial charge is 0.324 e. The number of hydrogen-bond donors (Lipinski definition) is 1. The quantitative estimate of drug-likeness (QED) is 0.786. The SMILES string of the molecule is CCS(=O)(=O)N1CCC(C(=O)Nc2cc(Cl)c(Cl)cc2Cl)CC1. The van der Waals surface area contributed by atoms with Gasteiger partial charge in [0.25, 0.3) is 0 Å². The van der Waals surface area contributed by atoms with Crippen LogP contribution in [0.2, 0.25) is 15.1 Å². The van der Waals surface area contributed by atoms with Gasteiger partial charge in [-0.25, -0.2) is 12.7 Å². The first kappa shape index (κ1) is 18.8. The number of carbonyl (C=O) groups excluding carboxylic acids is 1. The number of nitrogens with one attached hydrogen (secondary N) is 1. The van der Waals surface area contributed by atoms with E-state index in [1.165, 1.54) is 16.4 Å². The highest BCUT2D eigenvalue weighted by molar-refractivity contribution is 7.89. The summed E-state index contributed by atoms with van der Waals surface area (Å²) >= 11 is 17.8. The molecule has 1 aromatic carbocycles. The van der Waals surface area contributed by atoms with Crippen molar-refractivity contribution in [1.82, 2.24) is 4.31 Å². The van der Waals surface area contributed by atoms with Gasteiger partial charge in [0.15, 0.2) is 0 Å². The van der Waals surface area contributed by atoms with Gasteiger partial charge < -0.3 is 5.32 Å². The molecular weight excluding hydrogens is 383 g/mol. The van der Waals surface area contributed by atoms with Gasteiger partial charge in [0.2, 0.25) is 15.9 Å². The third-order valence-electron chi connectivity index (χ3n) is 3.85. The minimum absolute atomic E-state index is 0.0722. The maximum Gasteiger partial charge on any atom is 0.227 e. The van der Waals surface area contributed by atoms with Gasteiger partial charge in [-0.15, -0.1) is 0 Å². The first-order valence-electron chi connectivity index (χ1n) is 7.18. The monoisotopic (exact) mass is 398 g/mol. The van der Waals surface area contributed by atoms with Crippen LogP contribution in [0.4, 0.5) is 5.69 Å². The Kier molecular flexibility index (Phi) is 6.19. The summed E-state index contributed by atoms with van der Waals surface area (Å²) in [5.41, 5.74) is 0.398. The van der Waals surface area contributed by atoms with Gasteiger partial charge >= 0.3 is 0 Å². The zero-order valence-electron chi connectivity index (χ0n) is 12.5. The molecule has 0 saturated carbocycles. The van der Waals surface area contributed by atoms with Crippen molar-refractivity contribution in [3.63, 3.8) is 0 Å². The molecule has 0 radical (unpaired) electrons. The van der Waals surface area contributed by atoms with Gasteiger partial charge in [-0.2, -0.15) is 0 Å². The lowest BCUT2D eigenvalue weighted by Crippen LogP contribution is -2.42. The lowest BCUT2D eigenvalue weighted by Gasteiger charge is -2.30. The number of benzene rings is 1. The molecule has 2 rings (SSSR count). The van der Waals surface area contributed by atoms with E-state index in [1.807, 2.05) is 0 Å². The predicted octanol–water partition coefficient (Wildman–Crippen LogP) is 3.65. The van der Waals surface area contributed by atoms with Crippen LogP contribution in [0.5, 0.6) is 0 Å². The van der Waals surface area contributed by atoms with Gasteiger partial charge in [0.05, 0.1) is 26.5 Å². The van der Waals surface area contributed by atoms with E-state index in [2.05, 4.69) is 5.32 Å². The van der Waals surface area contributed by atoms with Crippen LogP contribution in [0.15, 0.2) is 12.1 Å². The van der Waals surface area contributed by atoms with Gasteiger partial charge in [0.1, 0.15) is 0 Å². The van der Waals surface area contributed by atoms with Gasteiger partial charge in [-0.3, -0.25) is 4.79 Å². The molecule has 1 aliphatic heterocycles. The standard InChI is InChI=1S/C14H17Cl3N2O3S/c1-2-23(21,22)19-5-3-9(4-6-19)14(20)18-13-8-11(16)10(15)7-12(13)17/h7-9H,2-6H2,1H3,(H,18,20). The topological polar surface area (TPSA) is 66.5 Å². The molecule has 23 heavy (non-hydrogen) atoms. The molecule has 0 aromatic heterocycles. The van der Waals surface area contributed by atoms with Crippen LogP contribution in [-0.2, 0) is 14.8 Å². The number of anilines is 1. The predicted molar refractivity (Wildman–Crippen MR) is 93.9 cm³/mol. The molecule has 1 aliphatic rings. The summed E-state index contributed by atoms with van der Waals surface area (Å²) in [6.07, 6.45) is 0.952. The number of nitrogens with zero attached hydrogens (tertiary/aromatic N) is 1. The summed E-state index contributed by atoms with van der Waals surface area (Å²) < 4.78 is 25.1. The molecule has 1 N–H and O–H groups in total. The molecular formula is C14H17Cl3N2O3S. The van der Waals surface area contributed by atoms with Crippen molar-refractivity contribution < 1.29 is 13.2 Å². The Morgan fingerprint density at radius 3 is 2.30 bits per heavy atom.